The number of rotatable bonds is 7. The molecule has 5 nitrogen and oxygen atoms in total. The predicted molar refractivity (Wildman–Crippen MR) is 137 cm³/mol. The van der Waals surface area contributed by atoms with Gasteiger partial charge in [0, 0.05) is 52.3 Å². The van der Waals surface area contributed by atoms with Crippen LogP contribution in [0.1, 0.15) is 25.0 Å². The summed E-state index contributed by atoms with van der Waals surface area (Å²) in [6, 6.07) is 23.4. The summed E-state index contributed by atoms with van der Waals surface area (Å²) < 4.78 is 6.16. The van der Waals surface area contributed by atoms with Crippen molar-refractivity contribution in [1.82, 2.24) is 14.9 Å². The topological polar surface area (TPSA) is 61.1 Å². The number of aromatic amines is 2. The third-order valence-corrected chi connectivity index (χ3v) is 6.33. The number of fused-ring (bicyclic) bond motifs is 2. The number of benzene rings is 3. The summed E-state index contributed by atoms with van der Waals surface area (Å²) >= 11 is 6.02. The summed E-state index contributed by atoms with van der Waals surface area (Å²) in [6.07, 6.45) is 3.85. The van der Waals surface area contributed by atoms with Crippen molar-refractivity contribution in [3.8, 4) is 5.75 Å². The summed E-state index contributed by atoms with van der Waals surface area (Å²) in [4.78, 5) is 22.3. The van der Waals surface area contributed by atoms with Crippen molar-refractivity contribution in [3.63, 3.8) is 0 Å². The standard InChI is InChI=1S/C28H26ClN3O2/c1-28(2,34-22-11-9-21(29)10-12-22)27(33)32(17-19-5-3-7-25-23(19)13-15-30-25)18-20-6-4-8-26-24(20)14-16-31-26/h3-16,30-31H,17-18H2,1-2H3. The van der Waals surface area contributed by atoms with E-state index in [0.717, 1.165) is 32.9 Å². The normalized spacial score (nSPS) is 11.7. The second-order valence-electron chi connectivity index (χ2n) is 8.94. The third-order valence-electron chi connectivity index (χ3n) is 6.08. The van der Waals surface area contributed by atoms with Gasteiger partial charge in [0.25, 0.3) is 5.91 Å². The quantitative estimate of drug-likeness (QED) is 0.278. The van der Waals surface area contributed by atoms with Gasteiger partial charge < -0.3 is 19.6 Å². The molecule has 0 saturated heterocycles. The minimum Gasteiger partial charge on any atom is -0.478 e. The van der Waals surface area contributed by atoms with Crippen molar-refractivity contribution in [1.29, 1.82) is 0 Å². The van der Waals surface area contributed by atoms with Crippen molar-refractivity contribution in [2.75, 3.05) is 0 Å². The van der Waals surface area contributed by atoms with Crippen molar-refractivity contribution in [2.24, 2.45) is 0 Å². The number of carbonyl (C=O) groups excluding carboxylic acids is 1. The lowest BCUT2D eigenvalue weighted by molar-refractivity contribution is -0.146. The van der Waals surface area contributed by atoms with Crippen LogP contribution in [0.5, 0.6) is 5.75 Å². The summed E-state index contributed by atoms with van der Waals surface area (Å²) in [5.74, 6) is 0.505. The molecule has 2 N–H and O–H groups in total. The molecule has 0 bridgehead atoms. The minimum absolute atomic E-state index is 0.0949. The molecular formula is C28H26ClN3O2. The predicted octanol–water partition coefficient (Wildman–Crippen LogP) is 6.69. The highest BCUT2D eigenvalue weighted by molar-refractivity contribution is 6.30. The zero-order chi connectivity index (χ0) is 23.7. The number of amides is 1. The molecular weight excluding hydrogens is 446 g/mol. The molecule has 0 atom stereocenters. The molecule has 0 aliphatic heterocycles. The molecule has 0 aliphatic carbocycles. The molecule has 172 valence electrons. The summed E-state index contributed by atoms with van der Waals surface area (Å²) in [6.45, 7) is 4.54. The maximum Gasteiger partial charge on any atom is 0.266 e. The average Bonchev–Trinajstić information content (AvgIpc) is 3.50. The Labute approximate surface area is 203 Å². The fourth-order valence-electron chi connectivity index (χ4n) is 4.41. The first kappa shape index (κ1) is 22.1. The lowest BCUT2D eigenvalue weighted by Gasteiger charge is -2.33. The van der Waals surface area contributed by atoms with Crippen LogP contribution in [0.2, 0.25) is 5.02 Å². The monoisotopic (exact) mass is 471 g/mol. The molecule has 2 heterocycles. The zero-order valence-electron chi connectivity index (χ0n) is 19.1. The van der Waals surface area contributed by atoms with Crippen LogP contribution in [0, 0.1) is 0 Å². The third kappa shape index (κ3) is 4.39. The van der Waals surface area contributed by atoms with E-state index in [9.17, 15) is 4.79 Å². The van der Waals surface area contributed by atoms with Crippen molar-refractivity contribution in [2.45, 2.75) is 32.5 Å². The maximum atomic E-state index is 14.0. The Bertz CT molecular complexity index is 1370. The molecule has 0 saturated carbocycles. The van der Waals surface area contributed by atoms with Crippen LogP contribution in [0.25, 0.3) is 21.8 Å². The number of nitrogens with one attached hydrogen (secondary N) is 2. The molecule has 0 spiro atoms. The number of hydrogen-bond donors (Lipinski definition) is 2. The van der Waals surface area contributed by atoms with Gasteiger partial charge in [0.2, 0.25) is 0 Å². The van der Waals surface area contributed by atoms with Crippen LogP contribution in [-0.2, 0) is 17.9 Å². The van der Waals surface area contributed by atoms with Gasteiger partial charge in [-0.2, -0.15) is 0 Å². The molecule has 0 fully saturated rings. The molecule has 1 amide bonds. The summed E-state index contributed by atoms with van der Waals surface area (Å²) in [7, 11) is 0. The van der Waals surface area contributed by atoms with E-state index in [1.54, 1.807) is 24.3 Å². The first-order valence-corrected chi connectivity index (χ1v) is 11.6. The molecule has 5 rings (SSSR count). The molecule has 2 aromatic heterocycles. The number of halogens is 1. The van der Waals surface area contributed by atoms with Crippen molar-refractivity contribution in [3.05, 3.63) is 101 Å². The Morgan fingerprint density at radius 1 is 0.824 bits per heavy atom. The fraction of sp³-hybridized carbons (Fsp3) is 0.179. The second kappa shape index (κ2) is 8.92. The maximum absolute atomic E-state index is 14.0. The molecule has 5 aromatic rings. The van der Waals surface area contributed by atoms with Crippen LogP contribution in [-0.4, -0.2) is 26.4 Å². The highest BCUT2D eigenvalue weighted by Crippen LogP contribution is 2.27. The largest absolute Gasteiger partial charge is 0.478 e. The zero-order valence-corrected chi connectivity index (χ0v) is 19.9. The van der Waals surface area contributed by atoms with Crippen LogP contribution in [0.4, 0.5) is 0 Å². The van der Waals surface area contributed by atoms with Crippen molar-refractivity contribution < 1.29 is 9.53 Å². The fourth-order valence-corrected chi connectivity index (χ4v) is 4.54. The smallest absolute Gasteiger partial charge is 0.266 e. The van der Waals surface area contributed by atoms with Gasteiger partial charge in [-0.05, 0) is 73.5 Å². The van der Waals surface area contributed by atoms with Gasteiger partial charge in [0.05, 0.1) is 0 Å². The van der Waals surface area contributed by atoms with Gasteiger partial charge in [-0.3, -0.25) is 4.79 Å². The van der Waals surface area contributed by atoms with E-state index in [0.29, 0.717) is 23.9 Å². The van der Waals surface area contributed by atoms with E-state index in [4.69, 9.17) is 16.3 Å². The lowest BCUT2D eigenvalue weighted by atomic mass is 10.0. The lowest BCUT2D eigenvalue weighted by Crippen LogP contribution is -2.48. The van der Waals surface area contributed by atoms with Crippen molar-refractivity contribution >= 4 is 39.3 Å². The van der Waals surface area contributed by atoms with E-state index < -0.39 is 5.60 Å². The number of nitrogens with zero attached hydrogens (tertiary/aromatic N) is 1. The number of H-pyrrole nitrogens is 2. The highest BCUT2D eigenvalue weighted by atomic mass is 35.5. The van der Waals surface area contributed by atoms with Crippen LogP contribution in [0.3, 0.4) is 0 Å². The number of ether oxygens (including phenoxy) is 1. The van der Waals surface area contributed by atoms with Gasteiger partial charge in [-0.25, -0.2) is 0 Å². The summed E-state index contributed by atoms with van der Waals surface area (Å²) in [5, 5.41) is 2.84. The van der Waals surface area contributed by atoms with Crippen LogP contribution >= 0.6 is 11.6 Å². The number of carbonyl (C=O) groups is 1. The van der Waals surface area contributed by atoms with E-state index in [2.05, 4.69) is 34.2 Å². The minimum atomic E-state index is -1.08. The van der Waals surface area contributed by atoms with E-state index in [-0.39, 0.29) is 5.91 Å². The average molecular weight is 472 g/mol. The molecule has 0 radical (unpaired) electrons. The van der Waals surface area contributed by atoms with Gasteiger partial charge in [0.1, 0.15) is 5.75 Å². The SMILES string of the molecule is CC(C)(Oc1ccc(Cl)cc1)C(=O)N(Cc1cccc2[nH]ccc12)Cc1cccc2[nH]ccc12. The van der Waals surface area contributed by atoms with Gasteiger partial charge in [-0.1, -0.05) is 35.9 Å². The van der Waals surface area contributed by atoms with E-state index >= 15 is 0 Å². The van der Waals surface area contributed by atoms with Gasteiger partial charge in [0.15, 0.2) is 5.60 Å². The van der Waals surface area contributed by atoms with Crippen LogP contribution in [0.15, 0.2) is 85.2 Å². The Balaban J connectivity index is 1.49. The molecule has 0 unspecified atom stereocenters. The Hall–Kier alpha value is -3.70. The first-order chi connectivity index (χ1) is 16.4. The first-order valence-electron chi connectivity index (χ1n) is 11.2. The Morgan fingerprint density at radius 2 is 1.35 bits per heavy atom. The molecule has 34 heavy (non-hydrogen) atoms. The van der Waals surface area contributed by atoms with E-state index in [1.165, 1.54) is 0 Å². The summed E-state index contributed by atoms with van der Waals surface area (Å²) in [5.41, 5.74) is 3.18. The second-order valence-corrected chi connectivity index (χ2v) is 9.38. The van der Waals surface area contributed by atoms with E-state index in [1.807, 2.05) is 55.4 Å². The molecule has 0 aliphatic rings. The van der Waals surface area contributed by atoms with Gasteiger partial charge in [-0.15, -0.1) is 0 Å². The van der Waals surface area contributed by atoms with Gasteiger partial charge >= 0.3 is 0 Å². The number of aromatic nitrogens is 2. The highest BCUT2D eigenvalue weighted by Gasteiger charge is 2.35. The Kier molecular flexibility index (Phi) is 5.80. The van der Waals surface area contributed by atoms with Crippen LogP contribution < -0.4 is 4.74 Å². The Morgan fingerprint density at radius 3 is 1.88 bits per heavy atom. The molecule has 3 aromatic carbocycles. The molecule has 6 heteroatoms. The number of hydrogen-bond acceptors (Lipinski definition) is 2.